The summed E-state index contributed by atoms with van der Waals surface area (Å²) in [5.41, 5.74) is 3.73. The number of ether oxygens (including phenoxy) is 1. The number of nitrogens with one attached hydrogen (secondary N) is 2. The Labute approximate surface area is 178 Å². The molecule has 0 aliphatic carbocycles. The van der Waals surface area contributed by atoms with Crippen LogP contribution >= 0.6 is 0 Å². The number of para-hydroxylation sites is 2. The van der Waals surface area contributed by atoms with Crippen molar-refractivity contribution in [1.29, 1.82) is 0 Å². The number of hydrazone groups is 1. The number of pyridine rings is 1. The fraction of sp³-hybridized carbons (Fsp3) is 0.100. The van der Waals surface area contributed by atoms with Crippen LogP contribution in [0.1, 0.15) is 12.5 Å². The molecule has 0 unspecified atom stereocenters. The van der Waals surface area contributed by atoms with E-state index < -0.39 is 20.6 Å². The SMILES string of the molecule is COc1ccccc1NS(=O)(=O)c1ccc(NN=C(C)c2cccnc2)c([N+](=O)[O-])c1. The smallest absolute Gasteiger partial charge is 0.295 e. The van der Waals surface area contributed by atoms with E-state index in [1.807, 2.05) is 0 Å². The number of rotatable bonds is 8. The normalized spacial score (nSPS) is 11.6. The van der Waals surface area contributed by atoms with Crippen molar-refractivity contribution in [2.45, 2.75) is 11.8 Å². The standard InChI is InChI=1S/C20H19N5O5S/c1-14(15-6-5-11-21-13-15)22-23-17-10-9-16(12-19(17)25(26)27)31(28,29)24-18-7-3-4-8-20(18)30-2/h3-13,23-24H,1-2H3. The number of hydrogen-bond donors (Lipinski definition) is 2. The lowest BCUT2D eigenvalue weighted by Crippen LogP contribution is -2.14. The Kier molecular flexibility index (Phi) is 6.46. The molecule has 0 atom stereocenters. The maximum Gasteiger partial charge on any atom is 0.295 e. The van der Waals surface area contributed by atoms with Crippen LogP contribution in [0, 0.1) is 10.1 Å². The minimum Gasteiger partial charge on any atom is -0.495 e. The summed E-state index contributed by atoms with van der Waals surface area (Å²) in [4.78, 5) is 14.6. The summed E-state index contributed by atoms with van der Waals surface area (Å²) in [5, 5.41) is 15.7. The number of nitro benzene ring substituents is 1. The minimum absolute atomic E-state index is 0.0458. The van der Waals surface area contributed by atoms with Gasteiger partial charge in [-0.2, -0.15) is 5.10 Å². The molecule has 2 N–H and O–H groups in total. The first-order valence-electron chi connectivity index (χ1n) is 8.97. The fourth-order valence-corrected chi connectivity index (χ4v) is 3.73. The first kappa shape index (κ1) is 21.7. The highest BCUT2D eigenvalue weighted by atomic mass is 32.2. The molecule has 0 radical (unpaired) electrons. The summed E-state index contributed by atoms with van der Waals surface area (Å²) in [7, 11) is -2.69. The van der Waals surface area contributed by atoms with Gasteiger partial charge in [0.05, 0.1) is 28.3 Å². The second-order valence-electron chi connectivity index (χ2n) is 6.29. The lowest BCUT2D eigenvalue weighted by Gasteiger charge is -2.12. The van der Waals surface area contributed by atoms with E-state index in [0.29, 0.717) is 11.5 Å². The van der Waals surface area contributed by atoms with Crippen LogP contribution < -0.4 is 14.9 Å². The van der Waals surface area contributed by atoms with Crippen LogP contribution in [0.5, 0.6) is 5.75 Å². The Morgan fingerprint density at radius 2 is 1.90 bits per heavy atom. The van der Waals surface area contributed by atoms with Crippen molar-refractivity contribution in [2.75, 3.05) is 17.3 Å². The Balaban J connectivity index is 1.90. The van der Waals surface area contributed by atoms with Gasteiger partial charge in [-0.15, -0.1) is 0 Å². The van der Waals surface area contributed by atoms with Crippen LogP contribution in [-0.4, -0.2) is 31.1 Å². The predicted molar refractivity (Wildman–Crippen MR) is 117 cm³/mol. The van der Waals surface area contributed by atoms with Gasteiger partial charge >= 0.3 is 0 Å². The number of hydrogen-bond acceptors (Lipinski definition) is 8. The molecule has 31 heavy (non-hydrogen) atoms. The van der Waals surface area contributed by atoms with E-state index in [4.69, 9.17) is 4.74 Å². The molecular formula is C20H19N5O5S. The predicted octanol–water partition coefficient (Wildman–Crippen LogP) is 3.64. The molecule has 0 saturated heterocycles. The van der Waals surface area contributed by atoms with E-state index >= 15 is 0 Å². The van der Waals surface area contributed by atoms with Crippen molar-refractivity contribution in [1.82, 2.24) is 4.98 Å². The van der Waals surface area contributed by atoms with Gasteiger partial charge < -0.3 is 4.74 Å². The van der Waals surface area contributed by atoms with Crippen LogP contribution in [0.4, 0.5) is 17.1 Å². The Bertz CT molecular complexity index is 1230. The van der Waals surface area contributed by atoms with Crippen molar-refractivity contribution in [3.05, 3.63) is 82.7 Å². The Morgan fingerprint density at radius 3 is 2.58 bits per heavy atom. The number of nitro groups is 1. The molecule has 0 bridgehead atoms. The third-order valence-corrected chi connectivity index (χ3v) is 5.61. The second kappa shape index (κ2) is 9.22. The second-order valence-corrected chi connectivity index (χ2v) is 7.97. The van der Waals surface area contributed by atoms with Crippen molar-refractivity contribution in [3.63, 3.8) is 0 Å². The molecule has 2 aromatic carbocycles. The van der Waals surface area contributed by atoms with Crippen molar-refractivity contribution < 1.29 is 18.1 Å². The van der Waals surface area contributed by atoms with Crippen LogP contribution in [0.25, 0.3) is 0 Å². The summed E-state index contributed by atoms with van der Waals surface area (Å²) < 4.78 is 33.0. The van der Waals surface area contributed by atoms with Gasteiger partial charge in [0.2, 0.25) is 0 Å². The first-order valence-corrected chi connectivity index (χ1v) is 10.4. The molecule has 10 nitrogen and oxygen atoms in total. The molecule has 0 spiro atoms. The molecule has 0 amide bonds. The Hall–Kier alpha value is -3.99. The third kappa shape index (κ3) is 5.14. The van der Waals surface area contributed by atoms with Gasteiger partial charge in [0.25, 0.3) is 15.7 Å². The summed E-state index contributed by atoms with van der Waals surface area (Å²) in [6.07, 6.45) is 3.22. The van der Waals surface area contributed by atoms with E-state index in [1.54, 1.807) is 49.6 Å². The molecule has 0 aliphatic heterocycles. The third-order valence-electron chi connectivity index (χ3n) is 4.25. The van der Waals surface area contributed by atoms with E-state index in [-0.39, 0.29) is 16.3 Å². The van der Waals surface area contributed by atoms with Gasteiger partial charge in [-0.05, 0) is 37.3 Å². The van der Waals surface area contributed by atoms with Crippen molar-refractivity contribution in [2.24, 2.45) is 5.10 Å². The van der Waals surface area contributed by atoms with Gasteiger partial charge in [0.1, 0.15) is 11.4 Å². The van der Waals surface area contributed by atoms with Crippen LogP contribution in [0.15, 0.2) is 77.0 Å². The molecule has 0 aliphatic rings. The van der Waals surface area contributed by atoms with Crippen molar-refractivity contribution in [3.8, 4) is 5.75 Å². The molecule has 1 aromatic heterocycles. The quantitative estimate of drug-likeness (QED) is 0.309. The number of sulfonamides is 1. The lowest BCUT2D eigenvalue weighted by molar-refractivity contribution is -0.384. The summed E-state index contributed by atoms with van der Waals surface area (Å²) in [6.45, 7) is 1.71. The number of aromatic nitrogens is 1. The topological polar surface area (TPSA) is 136 Å². The van der Waals surface area contributed by atoms with Crippen molar-refractivity contribution >= 4 is 32.8 Å². The summed E-state index contributed by atoms with van der Waals surface area (Å²) in [6, 6.07) is 13.5. The van der Waals surface area contributed by atoms with Gasteiger partial charge in [0, 0.05) is 24.0 Å². The first-order chi connectivity index (χ1) is 14.8. The average molecular weight is 441 g/mol. The lowest BCUT2D eigenvalue weighted by atomic mass is 10.2. The van der Waals surface area contributed by atoms with E-state index in [0.717, 1.165) is 11.6 Å². The van der Waals surface area contributed by atoms with Crippen LogP contribution in [0.3, 0.4) is 0 Å². The molecule has 3 rings (SSSR count). The van der Waals surface area contributed by atoms with Gasteiger partial charge in [-0.1, -0.05) is 18.2 Å². The van der Waals surface area contributed by atoms with E-state index in [2.05, 4.69) is 20.2 Å². The van der Waals surface area contributed by atoms with Gasteiger partial charge in [0.15, 0.2) is 0 Å². The highest BCUT2D eigenvalue weighted by Gasteiger charge is 2.22. The maximum absolute atomic E-state index is 12.8. The molecule has 1 heterocycles. The van der Waals surface area contributed by atoms with Gasteiger partial charge in [-0.25, -0.2) is 8.42 Å². The van der Waals surface area contributed by atoms with E-state index in [1.165, 1.54) is 25.3 Å². The zero-order valence-corrected chi connectivity index (χ0v) is 17.5. The average Bonchev–Trinajstić information content (AvgIpc) is 2.78. The minimum atomic E-state index is -4.10. The fourth-order valence-electron chi connectivity index (χ4n) is 2.64. The number of anilines is 2. The molecule has 3 aromatic rings. The van der Waals surface area contributed by atoms with Crippen LogP contribution in [-0.2, 0) is 10.0 Å². The molecule has 160 valence electrons. The number of nitrogens with zero attached hydrogens (tertiary/aromatic N) is 3. The number of benzene rings is 2. The maximum atomic E-state index is 12.8. The molecule has 11 heteroatoms. The molecule has 0 fully saturated rings. The summed E-state index contributed by atoms with van der Waals surface area (Å²) >= 11 is 0. The molecule has 0 saturated carbocycles. The van der Waals surface area contributed by atoms with Gasteiger partial charge in [-0.3, -0.25) is 25.2 Å². The number of methoxy groups -OCH3 is 1. The summed E-state index contributed by atoms with van der Waals surface area (Å²) in [5.74, 6) is 0.319. The largest absolute Gasteiger partial charge is 0.495 e. The Morgan fingerprint density at radius 1 is 1.13 bits per heavy atom. The molecular weight excluding hydrogens is 422 g/mol. The van der Waals surface area contributed by atoms with Crippen LogP contribution in [0.2, 0.25) is 0 Å². The monoisotopic (exact) mass is 441 g/mol. The zero-order chi connectivity index (χ0) is 22.4. The highest BCUT2D eigenvalue weighted by molar-refractivity contribution is 7.92. The highest BCUT2D eigenvalue weighted by Crippen LogP contribution is 2.30. The zero-order valence-electron chi connectivity index (χ0n) is 16.6. The van der Waals surface area contributed by atoms with E-state index in [9.17, 15) is 18.5 Å².